The van der Waals surface area contributed by atoms with E-state index in [1.807, 2.05) is 60.7 Å². The van der Waals surface area contributed by atoms with Gasteiger partial charge in [-0.25, -0.2) is 0 Å². The molecule has 3 aliphatic carbocycles. The van der Waals surface area contributed by atoms with Crippen LogP contribution >= 0.6 is 0 Å². The van der Waals surface area contributed by atoms with Crippen molar-refractivity contribution in [2.24, 2.45) is 11.3 Å². The fourth-order valence-electron chi connectivity index (χ4n) is 6.55. The van der Waals surface area contributed by atoms with Crippen LogP contribution in [-0.4, -0.2) is 65.3 Å². The van der Waals surface area contributed by atoms with E-state index in [1.165, 1.54) is 35.5 Å². The number of ketones is 4. The lowest BCUT2D eigenvalue weighted by molar-refractivity contribution is -0.141. The summed E-state index contributed by atoms with van der Waals surface area (Å²) in [4.78, 5) is 54.8. The topological polar surface area (TPSA) is 124 Å². The minimum atomic E-state index is -1.74. The Kier molecular flexibility index (Phi) is 8.44. The Morgan fingerprint density at radius 2 is 1.11 bits per heavy atom. The standard InChI is InChI=1S/C34H32O10/c1-39-24-16-23(19-12-8-6-9-13-19)34(32(37)30(42-4)31(43-5)33(34)38)25(20-14-10-7-11-15-20)21(24)17-44-18-22-26(35)28(40-2)29(41-3)27(22)36/h6-16,18,21,23,25H,17H2,1-5H3/t21-,23-,25-/m1/s1. The smallest absolute Gasteiger partial charge is 0.238 e. The molecule has 0 radical (unpaired) electrons. The molecule has 228 valence electrons. The zero-order valence-electron chi connectivity index (χ0n) is 24.9. The van der Waals surface area contributed by atoms with Gasteiger partial charge in [0.05, 0.1) is 60.1 Å². The van der Waals surface area contributed by atoms with Gasteiger partial charge in [0.2, 0.25) is 46.2 Å². The van der Waals surface area contributed by atoms with Gasteiger partial charge in [0, 0.05) is 11.8 Å². The largest absolute Gasteiger partial charge is 0.501 e. The van der Waals surface area contributed by atoms with Gasteiger partial charge in [0.15, 0.2) is 0 Å². The van der Waals surface area contributed by atoms with Crippen molar-refractivity contribution in [3.05, 3.63) is 118 Å². The van der Waals surface area contributed by atoms with Crippen LogP contribution in [0.25, 0.3) is 0 Å². The number of carbonyl (C=O) groups excluding carboxylic acids is 4. The maximum absolute atomic E-state index is 14.6. The van der Waals surface area contributed by atoms with E-state index >= 15 is 0 Å². The quantitative estimate of drug-likeness (QED) is 0.172. The zero-order chi connectivity index (χ0) is 31.6. The highest BCUT2D eigenvalue weighted by molar-refractivity contribution is 6.36. The fraction of sp³-hybridized carbons (Fsp3) is 0.294. The monoisotopic (exact) mass is 600 g/mol. The molecule has 10 heteroatoms. The zero-order valence-corrected chi connectivity index (χ0v) is 24.9. The molecule has 0 saturated heterocycles. The highest BCUT2D eigenvalue weighted by atomic mass is 16.5. The minimum Gasteiger partial charge on any atom is -0.501 e. The van der Waals surface area contributed by atoms with Crippen LogP contribution in [0.5, 0.6) is 0 Å². The SMILES string of the molecule is COC1=C[C@H](c2ccccc2)C2(C(=O)C(OC)=C(OC)C2=O)[C@H](c2ccccc2)[C@@H]1COC=C1C(=O)C(OC)=C(OC)C1=O. The maximum Gasteiger partial charge on any atom is 0.238 e. The van der Waals surface area contributed by atoms with E-state index in [0.29, 0.717) is 16.9 Å². The molecule has 0 aromatic heterocycles. The number of Topliss-reactive ketones (excluding diaryl/α,β-unsaturated/α-hetero) is 4. The van der Waals surface area contributed by atoms with Gasteiger partial charge in [-0.1, -0.05) is 60.7 Å². The van der Waals surface area contributed by atoms with Crippen LogP contribution in [-0.2, 0) is 47.6 Å². The number of methoxy groups -OCH3 is 5. The number of benzene rings is 2. The first-order chi connectivity index (χ1) is 21.3. The van der Waals surface area contributed by atoms with Crippen LogP contribution in [0.15, 0.2) is 107 Å². The molecule has 44 heavy (non-hydrogen) atoms. The van der Waals surface area contributed by atoms with Crippen molar-refractivity contribution in [3.8, 4) is 0 Å². The molecule has 0 heterocycles. The van der Waals surface area contributed by atoms with Gasteiger partial charge in [-0.15, -0.1) is 0 Å². The van der Waals surface area contributed by atoms with Crippen LogP contribution in [0.3, 0.4) is 0 Å². The highest BCUT2D eigenvalue weighted by Gasteiger charge is 2.68. The predicted molar refractivity (Wildman–Crippen MR) is 156 cm³/mol. The van der Waals surface area contributed by atoms with Gasteiger partial charge >= 0.3 is 0 Å². The second-order valence-electron chi connectivity index (χ2n) is 10.3. The van der Waals surface area contributed by atoms with Crippen molar-refractivity contribution in [1.29, 1.82) is 0 Å². The first kappa shape index (κ1) is 30.3. The third-order valence-corrected chi connectivity index (χ3v) is 8.40. The summed E-state index contributed by atoms with van der Waals surface area (Å²) in [6, 6.07) is 18.3. The lowest BCUT2D eigenvalue weighted by Gasteiger charge is -2.47. The Labute approximate surface area is 254 Å². The number of rotatable bonds is 10. The summed E-state index contributed by atoms with van der Waals surface area (Å²) in [5, 5.41) is 0. The van der Waals surface area contributed by atoms with E-state index in [1.54, 1.807) is 6.08 Å². The molecule has 0 amide bonds. The molecule has 0 saturated carbocycles. The maximum atomic E-state index is 14.6. The third kappa shape index (κ3) is 4.49. The summed E-state index contributed by atoms with van der Waals surface area (Å²) < 4.78 is 32.9. The minimum absolute atomic E-state index is 0.164. The molecule has 0 bridgehead atoms. The Bertz CT molecular complexity index is 1560. The van der Waals surface area contributed by atoms with Gasteiger partial charge in [-0.2, -0.15) is 0 Å². The van der Waals surface area contributed by atoms with E-state index in [0.717, 1.165) is 6.26 Å². The van der Waals surface area contributed by atoms with Gasteiger partial charge in [0.25, 0.3) is 0 Å². The number of ether oxygens (including phenoxy) is 6. The molecule has 3 atom stereocenters. The molecule has 2 aromatic rings. The van der Waals surface area contributed by atoms with E-state index in [9.17, 15) is 19.2 Å². The number of carbonyl (C=O) groups is 4. The Morgan fingerprint density at radius 1 is 0.636 bits per heavy atom. The Balaban J connectivity index is 1.68. The van der Waals surface area contributed by atoms with Gasteiger partial charge < -0.3 is 28.4 Å². The van der Waals surface area contributed by atoms with Crippen LogP contribution in [0, 0.1) is 11.3 Å². The van der Waals surface area contributed by atoms with Crippen LogP contribution in [0.1, 0.15) is 23.0 Å². The average molecular weight is 601 g/mol. The lowest BCUT2D eigenvalue weighted by Crippen LogP contribution is -2.52. The van der Waals surface area contributed by atoms with Crippen LogP contribution in [0.4, 0.5) is 0 Å². The van der Waals surface area contributed by atoms with Crippen molar-refractivity contribution in [1.82, 2.24) is 0 Å². The average Bonchev–Trinajstić information content (AvgIpc) is 3.42. The van der Waals surface area contributed by atoms with Crippen molar-refractivity contribution in [2.75, 3.05) is 42.2 Å². The summed E-state index contributed by atoms with van der Waals surface area (Å²) in [6.07, 6.45) is 2.82. The highest BCUT2D eigenvalue weighted by Crippen LogP contribution is 2.61. The first-order valence-corrected chi connectivity index (χ1v) is 13.8. The van der Waals surface area contributed by atoms with Crippen molar-refractivity contribution in [3.63, 3.8) is 0 Å². The van der Waals surface area contributed by atoms with Crippen molar-refractivity contribution >= 4 is 23.1 Å². The summed E-state index contributed by atoms with van der Waals surface area (Å²) in [5.41, 5.74) is -0.630. The number of allylic oxidation sites excluding steroid dienone is 5. The molecule has 0 unspecified atom stereocenters. The van der Waals surface area contributed by atoms with E-state index < -0.39 is 46.3 Å². The summed E-state index contributed by atoms with van der Waals surface area (Å²) in [7, 11) is 6.68. The van der Waals surface area contributed by atoms with E-state index in [-0.39, 0.29) is 35.2 Å². The second kappa shape index (κ2) is 12.2. The lowest BCUT2D eigenvalue weighted by atomic mass is 9.53. The molecule has 0 N–H and O–H groups in total. The number of hydrogen-bond acceptors (Lipinski definition) is 10. The molecular weight excluding hydrogens is 568 g/mol. The van der Waals surface area contributed by atoms with Crippen LogP contribution in [0.2, 0.25) is 0 Å². The van der Waals surface area contributed by atoms with Gasteiger partial charge in [-0.3, -0.25) is 19.2 Å². The van der Waals surface area contributed by atoms with Crippen molar-refractivity contribution < 1.29 is 47.6 Å². The molecular formula is C34H32O10. The second-order valence-corrected chi connectivity index (χ2v) is 10.3. The molecule has 3 aliphatic rings. The van der Waals surface area contributed by atoms with Crippen LogP contribution < -0.4 is 0 Å². The summed E-state index contributed by atoms with van der Waals surface area (Å²) in [5.74, 6) is -5.08. The first-order valence-electron chi connectivity index (χ1n) is 13.8. The van der Waals surface area contributed by atoms with E-state index in [4.69, 9.17) is 28.4 Å². The molecule has 10 nitrogen and oxygen atoms in total. The normalized spacial score (nSPS) is 22.8. The fourth-order valence-corrected chi connectivity index (χ4v) is 6.55. The molecule has 0 aliphatic heterocycles. The number of hydrogen-bond donors (Lipinski definition) is 0. The molecule has 0 fully saturated rings. The van der Waals surface area contributed by atoms with Crippen molar-refractivity contribution in [2.45, 2.75) is 11.8 Å². The Hall–Kier alpha value is -5.12. The Morgan fingerprint density at radius 3 is 1.57 bits per heavy atom. The predicted octanol–water partition coefficient (Wildman–Crippen LogP) is 3.91. The molecule has 5 rings (SSSR count). The molecule has 1 spiro atoms. The molecule has 2 aromatic carbocycles. The van der Waals surface area contributed by atoms with E-state index in [2.05, 4.69) is 0 Å². The third-order valence-electron chi connectivity index (χ3n) is 8.40. The summed E-state index contributed by atoms with van der Waals surface area (Å²) >= 11 is 0. The van der Waals surface area contributed by atoms with Gasteiger partial charge in [-0.05, 0) is 17.2 Å². The van der Waals surface area contributed by atoms with Gasteiger partial charge in [0.1, 0.15) is 11.0 Å². The summed E-state index contributed by atoms with van der Waals surface area (Å²) in [6.45, 7) is -0.164.